The normalized spacial score (nSPS) is 12.3. The first-order valence-electron chi connectivity index (χ1n) is 11.3. The molecule has 2 heterocycles. The monoisotopic (exact) mass is 488 g/mol. The average molecular weight is 489 g/mol. The molecule has 178 valence electrons. The number of nitrogens with zero attached hydrogens (tertiary/aromatic N) is 4. The lowest BCUT2D eigenvalue weighted by atomic mass is 10.2. The van der Waals surface area contributed by atoms with Crippen LogP contribution in [0.4, 0.5) is 10.8 Å². The summed E-state index contributed by atoms with van der Waals surface area (Å²) in [6, 6.07) is 17.0. The number of aromatic nitrogens is 3. The Labute approximate surface area is 206 Å². The number of hydrogen-bond donors (Lipinski definition) is 0. The van der Waals surface area contributed by atoms with Gasteiger partial charge in [0.05, 0.1) is 24.2 Å². The molecule has 1 amide bonds. The summed E-state index contributed by atoms with van der Waals surface area (Å²) in [4.78, 5) is 31.4. The van der Waals surface area contributed by atoms with E-state index in [4.69, 9.17) is 9.47 Å². The molecule has 0 radical (unpaired) electrons. The van der Waals surface area contributed by atoms with Crippen LogP contribution in [0.1, 0.15) is 40.8 Å². The number of methoxy groups -OCH3 is 1. The van der Waals surface area contributed by atoms with Crippen LogP contribution in [0.5, 0.6) is 5.75 Å². The fourth-order valence-corrected chi connectivity index (χ4v) is 5.14. The SMILES string of the molecule is COc1ccccc1N(C(C)=O)c1nc(COC(=O)c2nn(-c3ccccc3)c3c2CCC3)cs1. The quantitative estimate of drug-likeness (QED) is 0.345. The predicted octanol–water partition coefficient (Wildman–Crippen LogP) is 4.87. The van der Waals surface area contributed by atoms with Crippen molar-refractivity contribution in [1.29, 1.82) is 0 Å². The van der Waals surface area contributed by atoms with E-state index in [2.05, 4.69) is 10.1 Å². The van der Waals surface area contributed by atoms with Crippen molar-refractivity contribution in [2.24, 2.45) is 0 Å². The molecule has 35 heavy (non-hydrogen) atoms. The zero-order valence-electron chi connectivity index (χ0n) is 19.4. The highest BCUT2D eigenvalue weighted by atomic mass is 32.1. The molecule has 0 saturated heterocycles. The number of fused-ring (bicyclic) bond motifs is 1. The molecule has 0 saturated carbocycles. The number of amides is 1. The van der Waals surface area contributed by atoms with Crippen LogP contribution in [0.25, 0.3) is 5.69 Å². The highest BCUT2D eigenvalue weighted by molar-refractivity contribution is 7.14. The van der Waals surface area contributed by atoms with Gasteiger partial charge in [-0.05, 0) is 43.5 Å². The Bertz CT molecular complexity index is 1380. The van der Waals surface area contributed by atoms with Crippen LogP contribution in [0, 0.1) is 0 Å². The number of hydrogen-bond acceptors (Lipinski definition) is 7. The highest BCUT2D eigenvalue weighted by Gasteiger charge is 2.28. The Hall–Kier alpha value is -3.98. The Kier molecular flexibility index (Phi) is 6.33. The zero-order valence-corrected chi connectivity index (χ0v) is 20.2. The summed E-state index contributed by atoms with van der Waals surface area (Å²) in [5.74, 6) is -0.108. The van der Waals surface area contributed by atoms with Gasteiger partial charge in [0.2, 0.25) is 5.91 Å². The minimum Gasteiger partial charge on any atom is -0.495 e. The van der Waals surface area contributed by atoms with E-state index in [1.54, 1.807) is 24.6 Å². The van der Waals surface area contributed by atoms with Crippen molar-refractivity contribution in [2.75, 3.05) is 12.0 Å². The number of carbonyl (C=O) groups is 2. The molecule has 0 aliphatic heterocycles. The maximum atomic E-state index is 13.0. The van der Waals surface area contributed by atoms with Crippen molar-refractivity contribution < 1.29 is 19.1 Å². The molecule has 2 aromatic carbocycles. The number of ether oxygens (including phenoxy) is 2. The van der Waals surface area contributed by atoms with Gasteiger partial charge in [-0.1, -0.05) is 30.3 Å². The average Bonchev–Trinajstić information content (AvgIpc) is 3.61. The van der Waals surface area contributed by atoms with E-state index in [0.29, 0.717) is 28.0 Å². The number of carbonyl (C=O) groups excluding carboxylic acids is 2. The summed E-state index contributed by atoms with van der Waals surface area (Å²) in [5, 5.41) is 6.84. The zero-order chi connectivity index (χ0) is 24.4. The highest BCUT2D eigenvalue weighted by Crippen LogP contribution is 2.35. The van der Waals surface area contributed by atoms with Gasteiger partial charge in [0, 0.05) is 23.6 Å². The molecule has 5 rings (SSSR count). The Morgan fingerprint density at radius 1 is 1.09 bits per heavy atom. The molecule has 0 unspecified atom stereocenters. The Balaban J connectivity index is 1.34. The van der Waals surface area contributed by atoms with E-state index < -0.39 is 5.97 Å². The Morgan fingerprint density at radius 2 is 1.86 bits per heavy atom. The first-order chi connectivity index (χ1) is 17.1. The van der Waals surface area contributed by atoms with E-state index >= 15 is 0 Å². The number of para-hydroxylation sites is 3. The molecule has 4 aromatic rings. The van der Waals surface area contributed by atoms with Crippen LogP contribution in [-0.2, 0) is 29.0 Å². The van der Waals surface area contributed by atoms with Gasteiger partial charge in [-0.25, -0.2) is 14.5 Å². The fourth-order valence-electron chi connectivity index (χ4n) is 4.28. The van der Waals surface area contributed by atoms with Gasteiger partial charge in [0.25, 0.3) is 0 Å². The van der Waals surface area contributed by atoms with Gasteiger partial charge in [-0.15, -0.1) is 11.3 Å². The first kappa shape index (κ1) is 22.8. The maximum Gasteiger partial charge on any atom is 0.359 e. The molecular weight excluding hydrogens is 464 g/mol. The van der Waals surface area contributed by atoms with Gasteiger partial charge in [-0.2, -0.15) is 5.10 Å². The fraction of sp³-hybridized carbons (Fsp3) is 0.231. The summed E-state index contributed by atoms with van der Waals surface area (Å²) in [6.07, 6.45) is 2.67. The smallest absolute Gasteiger partial charge is 0.359 e. The third-order valence-electron chi connectivity index (χ3n) is 5.85. The maximum absolute atomic E-state index is 13.0. The second-order valence-corrected chi connectivity index (χ2v) is 8.94. The molecule has 0 fully saturated rings. The van der Waals surface area contributed by atoms with Crippen LogP contribution in [0.2, 0.25) is 0 Å². The molecule has 0 bridgehead atoms. The lowest BCUT2D eigenvalue weighted by Gasteiger charge is -2.20. The third-order valence-corrected chi connectivity index (χ3v) is 6.72. The molecule has 1 aliphatic rings. The van der Waals surface area contributed by atoms with Gasteiger partial charge in [0.15, 0.2) is 10.8 Å². The van der Waals surface area contributed by atoms with Crippen molar-refractivity contribution >= 4 is 34.0 Å². The molecule has 2 aromatic heterocycles. The summed E-state index contributed by atoms with van der Waals surface area (Å²) < 4.78 is 12.8. The lowest BCUT2D eigenvalue weighted by molar-refractivity contribution is -0.115. The van der Waals surface area contributed by atoms with Gasteiger partial charge in [0.1, 0.15) is 12.4 Å². The Morgan fingerprint density at radius 3 is 2.63 bits per heavy atom. The lowest BCUT2D eigenvalue weighted by Crippen LogP contribution is -2.23. The molecule has 9 heteroatoms. The van der Waals surface area contributed by atoms with Gasteiger partial charge >= 0.3 is 5.97 Å². The topological polar surface area (TPSA) is 86.5 Å². The summed E-state index contributed by atoms with van der Waals surface area (Å²) in [7, 11) is 1.56. The van der Waals surface area contributed by atoms with Crippen molar-refractivity contribution in [3.05, 3.63) is 82.6 Å². The van der Waals surface area contributed by atoms with Gasteiger partial charge in [-0.3, -0.25) is 9.69 Å². The number of benzene rings is 2. The van der Waals surface area contributed by atoms with E-state index in [9.17, 15) is 9.59 Å². The van der Waals surface area contributed by atoms with E-state index in [-0.39, 0.29) is 12.5 Å². The number of thiazole rings is 1. The van der Waals surface area contributed by atoms with Crippen LogP contribution >= 0.6 is 11.3 Å². The van der Waals surface area contributed by atoms with Gasteiger partial charge < -0.3 is 9.47 Å². The number of anilines is 2. The molecule has 8 nitrogen and oxygen atoms in total. The number of esters is 1. The van der Waals surface area contributed by atoms with Crippen molar-refractivity contribution in [3.8, 4) is 11.4 Å². The molecule has 0 spiro atoms. The van der Waals surface area contributed by atoms with E-state index in [1.165, 1.54) is 23.2 Å². The van der Waals surface area contributed by atoms with E-state index in [0.717, 1.165) is 36.2 Å². The number of rotatable bonds is 7. The second-order valence-electron chi connectivity index (χ2n) is 8.10. The molecule has 0 N–H and O–H groups in total. The summed E-state index contributed by atoms with van der Waals surface area (Å²) in [5.41, 5.74) is 4.46. The summed E-state index contributed by atoms with van der Waals surface area (Å²) >= 11 is 1.30. The first-order valence-corrected chi connectivity index (χ1v) is 12.2. The minimum absolute atomic E-state index is 0.0139. The molecule has 1 aliphatic carbocycles. The van der Waals surface area contributed by atoms with Crippen LogP contribution in [0.15, 0.2) is 60.0 Å². The van der Waals surface area contributed by atoms with E-state index in [1.807, 2.05) is 47.1 Å². The van der Waals surface area contributed by atoms with Crippen LogP contribution in [-0.4, -0.2) is 33.8 Å². The van der Waals surface area contributed by atoms with Crippen LogP contribution < -0.4 is 9.64 Å². The largest absolute Gasteiger partial charge is 0.495 e. The predicted molar refractivity (Wildman–Crippen MR) is 133 cm³/mol. The van der Waals surface area contributed by atoms with Crippen molar-refractivity contribution in [2.45, 2.75) is 32.8 Å². The second kappa shape index (κ2) is 9.71. The third kappa shape index (κ3) is 4.42. The minimum atomic E-state index is -0.472. The standard InChI is InChI=1S/C26H24N4O4S/c1-17(31)29(22-12-6-7-14-23(22)33-2)26-27-18(16-35-26)15-34-25(32)24-20-11-8-13-21(20)30(28-24)19-9-4-3-5-10-19/h3-7,9-10,12,14,16H,8,11,13,15H2,1-2H3. The van der Waals surface area contributed by atoms with Crippen molar-refractivity contribution in [1.82, 2.24) is 14.8 Å². The van der Waals surface area contributed by atoms with Crippen molar-refractivity contribution in [3.63, 3.8) is 0 Å². The molecule has 0 atom stereocenters. The van der Waals surface area contributed by atoms with Crippen LogP contribution in [0.3, 0.4) is 0 Å². The summed E-state index contributed by atoms with van der Waals surface area (Å²) in [6.45, 7) is 1.46. The molecular formula is C26H24N4O4S.